The predicted octanol–water partition coefficient (Wildman–Crippen LogP) is 4.96. The Morgan fingerprint density at radius 3 is 2.42 bits per heavy atom. The summed E-state index contributed by atoms with van der Waals surface area (Å²) in [7, 11) is 1.43. The molecule has 4 aromatic rings. The van der Waals surface area contributed by atoms with Crippen molar-refractivity contribution in [3.8, 4) is 17.0 Å². The van der Waals surface area contributed by atoms with Crippen molar-refractivity contribution in [3.05, 3.63) is 111 Å². The lowest BCUT2D eigenvalue weighted by Gasteiger charge is -2.25. The number of nitrogens with zero attached hydrogens (tertiary/aromatic N) is 3. The molecule has 7 nitrogen and oxygen atoms in total. The van der Waals surface area contributed by atoms with E-state index in [1.165, 1.54) is 11.7 Å². The summed E-state index contributed by atoms with van der Waals surface area (Å²) in [5, 5.41) is 11.4. The topological polar surface area (TPSA) is 86.5 Å². The van der Waals surface area contributed by atoms with Gasteiger partial charge in [-0.1, -0.05) is 30.3 Å². The molecule has 0 unspecified atom stereocenters. The molecule has 0 bridgehead atoms. The molecule has 38 heavy (non-hydrogen) atoms. The molecule has 0 amide bonds. The molecular formula is C29H29F2N3O4. The van der Waals surface area contributed by atoms with E-state index < -0.39 is 23.2 Å². The quantitative estimate of drug-likeness (QED) is 0.318. The zero-order valence-electron chi connectivity index (χ0n) is 21.4. The number of aromatic nitrogens is 3. The molecule has 198 valence electrons. The maximum Gasteiger partial charge on any atom is 0.280 e. The van der Waals surface area contributed by atoms with Gasteiger partial charge >= 0.3 is 0 Å². The summed E-state index contributed by atoms with van der Waals surface area (Å²) in [6.45, 7) is 3.92. The minimum atomic E-state index is -0.872. The Morgan fingerprint density at radius 1 is 1.08 bits per heavy atom. The number of pyridine rings is 1. The zero-order chi connectivity index (χ0) is 27.2. The Balaban J connectivity index is 1.78. The molecule has 0 aliphatic carbocycles. The summed E-state index contributed by atoms with van der Waals surface area (Å²) in [5.41, 5.74) is 3.29. The van der Waals surface area contributed by atoms with Crippen molar-refractivity contribution in [2.24, 2.45) is 0 Å². The molecule has 4 rings (SSSR count). The average Bonchev–Trinajstić information content (AvgIpc) is 2.89. The van der Waals surface area contributed by atoms with E-state index in [1.54, 1.807) is 13.1 Å². The van der Waals surface area contributed by atoms with Gasteiger partial charge in [0.25, 0.3) is 5.56 Å². The summed E-state index contributed by atoms with van der Waals surface area (Å²) >= 11 is 0. The lowest BCUT2D eigenvalue weighted by atomic mass is 10.00. The van der Waals surface area contributed by atoms with Crippen molar-refractivity contribution >= 4 is 0 Å². The molecular weight excluding hydrogens is 492 g/mol. The SMILES string of the molecule is CCOCc1nc(=O)c(Cc2ccc(-c3cccnc3C)cc2)c(O)n1[C@@H](COC)c1cc(F)cc(F)c1. The normalized spacial score (nSPS) is 12.0. The van der Waals surface area contributed by atoms with Crippen LogP contribution in [0.15, 0.2) is 65.6 Å². The van der Waals surface area contributed by atoms with Crippen LogP contribution in [0.5, 0.6) is 5.88 Å². The van der Waals surface area contributed by atoms with Crippen LogP contribution in [0.1, 0.15) is 41.2 Å². The number of ether oxygens (including phenoxy) is 2. The second kappa shape index (κ2) is 12.1. The van der Waals surface area contributed by atoms with Crippen LogP contribution >= 0.6 is 0 Å². The van der Waals surface area contributed by atoms with Crippen molar-refractivity contribution in [3.63, 3.8) is 0 Å². The van der Waals surface area contributed by atoms with Gasteiger partial charge < -0.3 is 14.6 Å². The van der Waals surface area contributed by atoms with Crippen molar-refractivity contribution in [1.82, 2.24) is 14.5 Å². The van der Waals surface area contributed by atoms with Gasteiger partial charge in [0.1, 0.15) is 24.1 Å². The first-order valence-corrected chi connectivity index (χ1v) is 12.2. The van der Waals surface area contributed by atoms with E-state index in [-0.39, 0.29) is 42.5 Å². The molecule has 9 heteroatoms. The number of rotatable bonds is 10. The van der Waals surface area contributed by atoms with Crippen LogP contribution in [0.25, 0.3) is 11.1 Å². The Bertz CT molecular complexity index is 1450. The van der Waals surface area contributed by atoms with Crippen LogP contribution in [-0.2, 0) is 22.5 Å². The highest BCUT2D eigenvalue weighted by Crippen LogP contribution is 2.30. The van der Waals surface area contributed by atoms with E-state index in [4.69, 9.17) is 9.47 Å². The lowest BCUT2D eigenvalue weighted by Crippen LogP contribution is -2.28. The molecule has 0 spiro atoms. The fraction of sp³-hybridized carbons (Fsp3) is 0.276. The molecule has 0 aliphatic rings. The van der Waals surface area contributed by atoms with Crippen LogP contribution in [0.2, 0.25) is 0 Å². The van der Waals surface area contributed by atoms with Crippen LogP contribution in [0.4, 0.5) is 8.78 Å². The zero-order valence-corrected chi connectivity index (χ0v) is 21.4. The number of benzene rings is 2. The molecule has 0 radical (unpaired) electrons. The first kappa shape index (κ1) is 27.1. The van der Waals surface area contributed by atoms with Crippen LogP contribution in [-0.4, -0.2) is 40.0 Å². The number of hydrogen-bond donors (Lipinski definition) is 1. The lowest BCUT2D eigenvalue weighted by molar-refractivity contribution is 0.115. The van der Waals surface area contributed by atoms with E-state index in [0.717, 1.165) is 40.6 Å². The molecule has 0 aliphatic heterocycles. The van der Waals surface area contributed by atoms with Crippen LogP contribution < -0.4 is 5.56 Å². The minimum absolute atomic E-state index is 0.0429. The third kappa shape index (κ3) is 5.95. The van der Waals surface area contributed by atoms with Gasteiger partial charge in [0.05, 0.1) is 18.2 Å². The maximum atomic E-state index is 14.1. The minimum Gasteiger partial charge on any atom is -0.494 e. The van der Waals surface area contributed by atoms with E-state index in [9.17, 15) is 18.7 Å². The summed E-state index contributed by atoms with van der Waals surface area (Å²) in [4.78, 5) is 21.6. The molecule has 2 heterocycles. The van der Waals surface area contributed by atoms with Crippen molar-refractivity contribution < 1.29 is 23.4 Å². The van der Waals surface area contributed by atoms with Gasteiger partial charge in [-0.25, -0.2) is 8.78 Å². The standard InChI is InChI=1S/C29H29F2N3O4/c1-4-38-17-27-33-28(35)25(12-19-7-9-20(10-8-19)24-6-5-11-32-18(24)2)29(36)34(27)26(16-37-3)21-13-22(30)15-23(31)14-21/h5-11,13-15,26,36H,4,12,16-17H2,1-3H3/t26-/m0/s1. The molecule has 1 atom stereocenters. The predicted molar refractivity (Wildman–Crippen MR) is 139 cm³/mol. The molecule has 2 aromatic heterocycles. The van der Waals surface area contributed by atoms with E-state index in [1.807, 2.05) is 43.3 Å². The summed E-state index contributed by atoms with van der Waals surface area (Å²) in [6, 6.07) is 13.6. The highest BCUT2D eigenvalue weighted by Gasteiger charge is 2.25. The highest BCUT2D eigenvalue weighted by molar-refractivity contribution is 5.65. The van der Waals surface area contributed by atoms with Gasteiger partial charge in [-0.15, -0.1) is 0 Å². The largest absolute Gasteiger partial charge is 0.494 e. The first-order chi connectivity index (χ1) is 18.3. The Morgan fingerprint density at radius 2 is 1.79 bits per heavy atom. The summed E-state index contributed by atoms with van der Waals surface area (Å²) in [5.74, 6) is -1.79. The number of hydrogen-bond acceptors (Lipinski definition) is 6. The van der Waals surface area contributed by atoms with Crippen molar-refractivity contribution in [2.45, 2.75) is 32.9 Å². The molecule has 0 fully saturated rings. The van der Waals surface area contributed by atoms with E-state index in [0.29, 0.717) is 6.61 Å². The van der Waals surface area contributed by atoms with Gasteiger partial charge in [-0.05, 0) is 48.7 Å². The maximum absolute atomic E-state index is 14.1. The van der Waals surface area contributed by atoms with Gasteiger partial charge in [0, 0.05) is 43.7 Å². The van der Waals surface area contributed by atoms with Crippen molar-refractivity contribution in [2.75, 3.05) is 20.3 Å². The summed E-state index contributed by atoms with van der Waals surface area (Å²) < 4.78 is 40.4. The first-order valence-electron chi connectivity index (χ1n) is 12.2. The molecule has 0 saturated heterocycles. The number of methoxy groups -OCH3 is 1. The van der Waals surface area contributed by atoms with Gasteiger partial charge in [-0.2, -0.15) is 4.98 Å². The van der Waals surface area contributed by atoms with Crippen LogP contribution in [0.3, 0.4) is 0 Å². The Labute approximate surface area is 219 Å². The second-order valence-corrected chi connectivity index (χ2v) is 8.83. The van der Waals surface area contributed by atoms with Gasteiger partial charge in [0.15, 0.2) is 0 Å². The molecule has 0 saturated carbocycles. The Kier molecular flexibility index (Phi) is 8.60. The summed E-state index contributed by atoms with van der Waals surface area (Å²) in [6.07, 6.45) is 1.83. The van der Waals surface area contributed by atoms with Crippen LogP contribution in [0, 0.1) is 18.6 Å². The molecule has 1 N–H and O–H groups in total. The average molecular weight is 522 g/mol. The molecule has 2 aromatic carbocycles. The highest BCUT2D eigenvalue weighted by atomic mass is 19.1. The smallest absolute Gasteiger partial charge is 0.280 e. The Hall–Kier alpha value is -3.95. The van der Waals surface area contributed by atoms with Crippen molar-refractivity contribution in [1.29, 1.82) is 0 Å². The third-order valence-electron chi connectivity index (χ3n) is 6.26. The van der Waals surface area contributed by atoms with Gasteiger partial charge in [0.2, 0.25) is 5.88 Å². The number of aromatic hydroxyl groups is 1. The third-order valence-corrected chi connectivity index (χ3v) is 6.26. The fourth-order valence-corrected chi connectivity index (χ4v) is 4.42. The van der Waals surface area contributed by atoms with Gasteiger partial charge in [-0.3, -0.25) is 14.3 Å². The monoisotopic (exact) mass is 521 g/mol. The number of halogens is 2. The second-order valence-electron chi connectivity index (χ2n) is 8.83. The van der Waals surface area contributed by atoms with E-state index >= 15 is 0 Å². The fourth-order valence-electron chi connectivity index (χ4n) is 4.42. The number of aryl methyl sites for hydroxylation is 1. The van der Waals surface area contributed by atoms with E-state index in [2.05, 4.69) is 9.97 Å².